The van der Waals surface area contributed by atoms with E-state index in [-0.39, 0.29) is 11.8 Å². The van der Waals surface area contributed by atoms with Crippen molar-refractivity contribution in [2.24, 2.45) is 0 Å². The fraction of sp³-hybridized carbons (Fsp3) is 0.529. The first-order chi connectivity index (χ1) is 11.8. The van der Waals surface area contributed by atoms with Crippen molar-refractivity contribution in [2.45, 2.75) is 36.9 Å². The van der Waals surface area contributed by atoms with Gasteiger partial charge in [0.15, 0.2) is 0 Å². The molecule has 4 rings (SSSR count). The summed E-state index contributed by atoms with van der Waals surface area (Å²) in [7, 11) is 0. The first-order valence-corrected chi connectivity index (χ1v) is 9.48. The largest absolute Gasteiger partial charge is 0.340 e. The summed E-state index contributed by atoms with van der Waals surface area (Å²) in [5, 5.41) is 4.71. The van der Waals surface area contributed by atoms with Gasteiger partial charge in [0.1, 0.15) is 0 Å². The van der Waals surface area contributed by atoms with E-state index in [2.05, 4.69) is 15.1 Å². The molecule has 1 aliphatic carbocycles. The van der Waals surface area contributed by atoms with Crippen molar-refractivity contribution in [1.82, 2.24) is 20.0 Å². The van der Waals surface area contributed by atoms with Gasteiger partial charge in [0.25, 0.3) is 0 Å². The summed E-state index contributed by atoms with van der Waals surface area (Å²) < 4.78 is 5.37. The molecule has 0 bridgehead atoms. The third-order valence-corrected chi connectivity index (χ3v) is 6.06. The topological polar surface area (TPSA) is 72.1 Å². The molecule has 1 amide bonds. The Hall–Kier alpha value is -1.89. The van der Waals surface area contributed by atoms with Crippen LogP contribution >= 0.6 is 11.8 Å². The van der Waals surface area contributed by atoms with Gasteiger partial charge >= 0.3 is 0 Å². The molecule has 1 saturated carbocycles. The molecule has 1 aliphatic heterocycles. The number of carbonyl (C=O) groups is 1. The Labute approximate surface area is 145 Å². The van der Waals surface area contributed by atoms with E-state index in [1.54, 1.807) is 12.4 Å². The van der Waals surface area contributed by atoms with Crippen molar-refractivity contribution >= 4 is 17.7 Å². The number of nitrogens with zero attached hydrogens (tertiary/aromatic N) is 4. The molecule has 0 spiro atoms. The van der Waals surface area contributed by atoms with Gasteiger partial charge in [-0.15, -0.1) is 11.8 Å². The molecule has 0 N–H and O–H groups in total. The fourth-order valence-corrected chi connectivity index (χ4v) is 4.42. The van der Waals surface area contributed by atoms with Crippen LogP contribution in [0, 0.1) is 0 Å². The van der Waals surface area contributed by atoms with Crippen molar-refractivity contribution in [3.63, 3.8) is 0 Å². The van der Waals surface area contributed by atoms with Crippen LogP contribution in [-0.4, -0.2) is 50.0 Å². The molecule has 2 aromatic heterocycles. The number of thioether (sulfide) groups is 1. The molecule has 2 fully saturated rings. The Morgan fingerprint density at radius 2 is 2.00 bits per heavy atom. The summed E-state index contributed by atoms with van der Waals surface area (Å²) in [5.74, 6) is 2.19. The lowest BCUT2D eigenvalue weighted by Crippen LogP contribution is -2.49. The molecular formula is C17H20N4O2S. The van der Waals surface area contributed by atoms with Crippen molar-refractivity contribution in [1.29, 1.82) is 0 Å². The predicted molar refractivity (Wildman–Crippen MR) is 91.6 cm³/mol. The highest BCUT2D eigenvalue weighted by Crippen LogP contribution is 2.31. The third-order valence-electron chi connectivity index (χ3n) is 4.71. The SMILES string of the molecule is O=C(CSC1CCCC1)N1CC(c2nc(-c3ccncc3)no2)C1. The van der Waals surface area contributed by atoms with Gasteiger partial charge in [-0.25, -0.2) is 0 Å². The molecule has 7 heteroatoms. The molecule has 2 aliphatic rings. The van der Waals surface area contributed by atoms with E-state index in [1.807, 2.05) is 28.8 Å². The van der Waals surface area contributed by atoms with Gasteiger partial charge in [-0.05, 0) is 25.0 Å². The van der Waals surface area contributed by atoms with E-state index in [4.69, 9.17) is 4.52 Å². The van der Waals surface area contributed by atoms with Crippen LogP contribution in [0.2, 0.25) is 0 Å². The molecule has 6 nitrogen and oxygen atoms in total. The van der Waals surface area contributed by atoms with Crippen LogP contribution in [0.25, 0.3) is 11.4 Å². The number of aromatic nitrogens is 3. The lowest BCUT2D eigenvalue weighted by atomic mass is 10.0. The minimum atomic E-state index is 0.161. The van der Waals surface area contributed by atoms with Crippen LogP contribution < -0.4 is 0 Å². The van der Waals surface area contributed by atoms with Gasteiger partial charge in [-0.3, -0.25) is 9.78 Å². The minimum absolute atomic E-state index is 0.161. The third kappa shape index (κ3) is 3.31. The first-order valence-electron chi connectivity index (χ1n) is 8.43. The number of hydrogen-bond donors (Lipinski definition) is 0. The Kier molecular flexibility index (Phi) is 4.51. The van der Waals surface area contributed by atoms with Gasteiger partial charge in [-0.2, -0.15) is 4.98 Å². The van der Waals surface area contributed by atoms with Gasteiger partial charge in [0.05, 0.1) is 11.7 Å². The van der Waals surface area contributed by atoms with Crippen molar-refractivity contribution < 1.29 is 9.32 Å². The molecule has 0 aromatic carbocycles. The Morgan fingerprint density at radius 1 is 1.25 bits per heavy atom. The zero-order chi connectivity index (χ0) is 16.4. The van der Waals surface area contributed by atoms with Crippen LogP contribution in [0.4, 0.5) is 0 Å². The number of amides is 1. The maximum atomic E-state index is 12.2. The molecular weight excluding hydrogens is 324 g/mol. The van der Waals surface area contributed by atoms with E-state index in [9.17, 15) is 4.79 Å². The van der Waals surface area contributed by atoms with E-state index >= 15 is 0 Å². The van der Waals surface area contributed by atoms with Gasteiger partial charge in [-0.1, -0.05) is 18.0 Å². The van der Waals surface area contributed by atoms with Crippen LogP contribution in [0.3, 0.4) is 0 Å². The maximum Gasteiger partial charge on any atom is 0.233 e. The second-order valence-corrected chi connectivity index (χ2v) is 7.69. The van der Waals surface area contributed by atoms with Crippen LogP contribution in [-0.2, 0) is 4.79 Å². The number of pyridine rings is 1. The minimum Gasteiger partial charge on any atom is -0.340 e. The zero-order valence-corrected chi connectivity index (χ0v) is 14.2. The van der Waals surface area contributed by atoms with E-state index < -0.39 is 0 Å². The Morgan fingerprint density at radius 3 is 2.75 bits per heavy atom. The summed E-state index contributed by atoms with van der Waals surface area (Å²) in [6.45, 7) is 1.37. The molecule has 1 saturated heterocycles. The summed E-state index contributed by atoms with van der Waals surface area (Å²) >= 11 is 1.82. The second-order valence-electron chi connectivity index (χ2n) is 6.41. The van der Waals surface area contributed by atoms with E-state index in [0.717, 1.165) is 5.56 Å². The lowest BCUT2D eigenvalue weighted by Gasteiger charge is -2.37. The number of rotatable bonds is 5. The molecule has 0 unspecified atom stereocenters. The van der Waals surface area contributed by atoms with Crippen molar-refractivity contribution in [3.05, 3.63) is 30.4 Å². The number of hydrogen-bond acceptors (Lipinski definition) is 6. The van der Waals surface area contributed by atoms with Crippen LogP contribution in [0.15, 0.2) is 29.0 Å². The summed E-state index contributed by atoms with van der Waals surface area (Å²) in [6.07, 6.45) is 8.57. The summed E-state index contributed by atoms with van der Waals surface area (Å²) in [4.78, 5) is 22.5. The smallest absolute Gasteiger partial charge is 0.233 e. The predicted octanol–water partition coefficient (Wildman–Crippen LogP) is 2.73. The second kappa shape index (κ2) is 6.93. The van der Waals surface area contributed by atoms with Gasteiger partial charge in [0, 0.05) is 36.3 Å². The molecule has 0 radical (unpaired) electrons. The van der Waals surface area contributed by atoms with Gasteiger partial charge in [0.2, 0.25) is 17.6 Å². The van der Waals surface area contributed by atoms with Crippen LogP contribution in [0.1, 0.15) is 37.5 Å². The average molecular weight is 344 g/mol. The standard InChI is InChI=1S/C17H20N4O2S/c22-15(11-24-14-3-1-2-4-14)21-9-13(10-21)17-19-16(20-23-17)12-5-7-18-8-6-12/h5-8,13-14H,1-4,9-11H2. The molecule has 2 aromatic rings. The fourth-order valence-electron chi connectivity index (χ4n) is 3.19. The molecule has 126 valence electrons. The zero-order valence-electron chi connectivity index (χ0n) is 13.4. The maximum absolute atomic E-state index is 12.2. The van der Waals surface area contributed by atoms with Crippen LogP contribution in [0.5, 0.6) is 0 Å². The average Bonchev–Trinajstić information content (AvgIpc) is 3.24. The van der Waals surface area contributed by atoms with E-state index in [1.165, 1.54) is 25.7 Å². The Bertz CT molecular complexity index is 694. The molecule has 24 heavy (non-hydrogen) atoms. The highest BCUT2D eigenvalue weighted by atomic mass is 32.2. The molecule has 3 heterocycles. The summed E-state index contributed by atoms with van der Waals surface area (Å²) in [6, 6.07) is 3.71. The highest BCUT2D eigenvalue weighted by Gasteiger charge is 2.35. The highest BCUT2D eigenvalue weighted by molar-refractivity contribution is 8.00. The van der Waals surface area contributed by atoms with Gasteiger partial charge < -0.3 is 9.42 Å². The first kappa shape index (κ1) is 15.6. The normalized spacial score (nSPS) is 18.8. The van der Waals surface area contributed by atoms with Crippen molar-refractivity contribution in [2.75, 3.05) is 18.8 Å². The quantitative estimate of drug-likeness (QED) is 0.830. The number of carbonyl (C=O) groups excluding carboxylic acids is 1. The van der Waals surface area contributed by atoms with E-state index in [0.29, 0.717) is 35.8 Å². The van der Waals surface area contributed by atoms with Crippen molar-refractivity contribution in [3.8, 4) is 11.4 Å². The number of likely N-dealkylation sites (tertiary alicyclic amines) is 1. The molecule has 0 atom stereocenters. The Balaban J connectivity index is 1.28. The lowest BCUT2D eigenvalue weighted by molar-refractivity contribution is -0.133. The summed E-state index contributed by atoms with van der Waals surface area (Å²) in [5.41, 5.74) is 0.889. The monoisotopic (exact) mass is 344 g/mol.